The largest absolute Gasteiger partial charge is 0.402 e. The summed E-state index contributed by atoms with van der Waals surface area (Å²) in [6.07, 6.45) is 6.18. The molecule has 0 aromatic rings. The van der Waals surface area contributed by atoms with Crippen molar-refractivity contribution in [1.29, 1.82) is 0 Å². The summed E-state index contributed by atoms with van der Waals surface area (Å²) in [5, 5.41) is 0.185. The van der Waals surface area contributed by atoms with Crippen LogP contribution in [0.1, 0.15) is 48.0 Å². The van der Waals surface area contributed by atoms with Gasteiger partial charge in [-0.25, -0.2) is 0 Å². The first-order valence-electron chi connectivity index (χ1n) is 8.21. The van der Waals surface area contributed by atoms with E-state index in [1.54, 1.807) is 0 Å². The van der Waals surface area contributed by atoms with E-state index in [2.05, 4.69) is 72.0 Å². The van der Waals surface area contributed by atoms with Gasteiger partial charge in [0.2, 0.25) is 0 Å². The van der Waals surface area contributed by atoms with Crippen LogP contribution in [-0.4, -0.2) is 22.5 Å². The van der Waals surface area contributed by atoms with Crippen molar-refractivity contribution < 1.29 is 4.43 Å². The van der Waals surface area contributed by atoms with Gasteiger partial charge in [0.05, 0.1) is 0 Å². The summed E-state index contributed by atoms with van der Waals surface area (Å²) in [6, 6.07) is 3.70. The molecule has 0 N–H and O–H groups in total. The fraction of sp³-hybridized carbons (Fsp3) is 0.778. The van der Waals surface area contributed by atoms with Crippen LogP contribution in [0.5, 0.6) is 0 Å². The smallest absolute Gasteiger partial charge is 0.193 e. The van der Waals surface area contributed by atoms with Gasteiger partial charge in [-0.2, -0.15) is 0 Å². The Morgan fingerprint density at radius 1 is 1.05 bits per heavy atom. The van der Waals surface area contributed by atoms with Gasteiger partial charge in [0.25, 0.3) is 0 Å². The Hall–Kier alpha value is -0.486. The molecule has 0 fully saturated rings. The van der Waals surface area contributed by atoms with E-state index in [0.29, 0.717) is 6.42 Å². The van der Waals surface area contributed by atoms with Crippen molar-refractivity contribution in [3.8, 4) is 23.8 Å². The molecule has 0 aliphatic carbocycles. The second-order valence-electron chi connectivity index (χ2n) is 7.38. The van der Waals surface area contributed by atoms with Gasteiger partial charge in [0, 0.05) is 6.42 Å². The lowest BCUT2D eigenvalue weighted by Gasteiger charge is -2.37. The van der Waals surface area contributed by atoms with Crippen molar-refractivity contribution in [2.75, 3.05) is 0 Å². The molecule has 0 saturated heterocycles. The predicted octanol–water partition coefficient (Wildman–Crippen LogP) is 5.45. The molecule has 0 aliphatic rings. The summed E-state index contributed by atoms with van der Waals surface area (Å²) in [4.78, 5) is 0. The topological polar surface area (TPSA) is 9.23 Å². The zero-order chi connectivity index (χ0) is 16.7. The van der Waals surface area contributed by atoms with E-state index in [4.69, 9.17) is 10.8 Å². The molecule has 120 valence electrons. The highest BCUT2D eigenvalue weighted by Crippen LogP contribution is 2.37. The van der Waals surface area contributed by atoms with Crippen molar-refractivity contribution in [2.45, 2.75) is 90.3 Å². The average Bonchev–Trinajstić information content (AvgIpc) is 2.41. The van der Waals surface area contributed by atoms with Crippen molar-refractivity contribution in [3.63, 3.8) is 0 Å². The molecule has 0 aromatic heterocycles. The summed E-state index contributed by atoms with van der Waals surface area (Å²) in [7, 11) is -3.17. The van der Waals surface area contributed by atoms with E-state index < -0.39 is 16.4 Å². The Labute approximate surface area is 135 Å². The molecule has 0 saturated carbocycles. The van der Waals surface area contributed by atoms with E-state index in [1.165, 1.54) is 18.1 Å². The molecule has 0 bridgehead atoms. The molecule has 0 aromatic carbocycles. The van der Waals surface area contributed by atoms with E-state index >= 15 is 0 Å². The van der Waals surface area contributed by atoms with Gasteiger partial charge in [-0.05, 0) is 36.3 Å². The van der Waals surface area contributed by atoms with Crippen LogP contribution < -0.4 is 0 Å². The Balaban J connectivity index is 4.89. The van der Waals surface area contributed by atoms with E-state index in [1.807, 2.05) is 0 Å². The van der Waals surface area contributed by atoms with Gasteiger partial charge >= 0.3 is 0 Å². The molecule has 0 unspecified atom stereocenters. The average molecular weight is 323 g/mol. The second kappa shape index (κ2) is 8.23. The van der Waals surface area contributed by atoms with Crippen LogP contribution in [0, 0.1) is 23.8 Å². The van der Waals surface area contributed by atoms with Crippen LogP contribution in [0.2, 0.25) is 36.3 Å². The summed E-state index contributed by atoms with van der Waals surface area (Å²) in [5.74, 6) is 6.17. The van der Waals surface area contributed by atoms with Crippen LogP contribution >= 0.6 is 0 Å². The summed E-state index contributed by atoms with van der Waals surface area (Å²) in [6.45, 7) is 18.0. The van der Waals surface area contributed by atoms with Crippen LogP contribution in [0.25, 0.3) is 0 Å². The van der Waals surface area contributed by atoms with E-state index in [-0.39, 0.29) is 11.1 Å². The molecular formula is C18H34OSi2. The minimum atomic E-state index is -1.81. The monoisotopic (exact) mass is 322 g/mol. The molecular weight excluding hydrogens is 288 g/mol. The first-order chi connectivity index (χ1) is 9.57. The Bertz CT molecular complexity index is 403. The van der Waals surface area contributed by atoms with Crippen molar-refractivity contribution in [2.24, 2.45) is 0 Å². The highest BCUT2D eigenvalue weighted by molar-refractivity contribution is 6.87. The molecule has 1 atom stereocenters. The minimum Gasteiger partial charge on any atom is -0.402 e. The second-order valence-corrected chi connectivity index (χ2v) is 17.1. The molecule has 0 heterocycles. The lowest BCUT2D eigenvalue weighted by Crippen LogP contribution is -2.43. The van der Waals surface area contributed by atoms with E-state index in [0.717, 1.165) is 0 Å². The number of rotatable bonds is 6. The maximum atomic E-state index is 6.28. The molecule has 0 rings (SSSR count). The Morgan fingerprint density at radius 3 is 1.86 bits per heavy atom. The van der Waals surface area contributed by atoms with Crippen LogP contribution in [0.3, 0.4) is 0 Å². The molecule has 0 radical (unpaired) electrons. The Kier molecular flexibility index (Phi) is 8.04. The third-order valence-corrected chi connectivity index (χ3v) is 14.4. The third-order valence-electron chi connectivity index (χ3n) is 5.10. The number of hydrogen-bond donors (Lipinski definition) is 0. The van der Waals surface area contributed by atoms with Gasteiger partial charge in [0.15, 0.2) is 8.32 Å². The molecule has 3 heteroatoms. The van der Waals surface area contributed by atoms with Gasteiger partial charge in [-0.15, -0.1) is 17.9 Å². The maximum absolute atomic E-state index is 6.28. The van der Waals surface area contributed by atoms with Crippen molar-refractivity contribution in [3.05, 3.63) is 0 Å². The van der Waals surface area contributed by atoms with Crippen LogP contribution in [0.15, 0.2) is 0 Å². The first-order valence-corrected chi connectivity index (χ1v) is 13.7. The minimum absolute atomic E-state index is 0.157. The number of terminal acetylenes is 1. The zero-order valence-electron chi connectivity index (χ0n) is 15.4. The lowest BCUT2D eigenvalue weighted by atomic mass is 10.2. The standard InChI is InChI=1S/C18H34OSi2/c1-10-17(19-20(8,9)18(5,6)7)15-14-16-21(11-2,12-3)13-4/h1,17H,11-13,15H2,2-9H3/t17-/m1/s1. The zero-order valence-corrected chi connectivity index (χ0v) is 17.4. The van der Waals surface area contributed by atoms with Gasteiger partial charge < -0.3 is 4.43 Å². The van der Waals surface area contributed by atoms with Gasteiger partial charge in [0.1, 0.15) is 14.2 Å². The maximum Gasteiger partial charge on any atom is 0.193 e. The highest BCUT2D eigenvalue weighted by Gasteiger charge is 2.38. The molecule has 1 nitrogen and oxygen atoms in total. The quantitative estimate of drug-likeness (QED) is 0.466. The molecule has 0 amide bonds. The normalized spacial score (nSPS) is 14.0. The van der Waals surface area contributed by atoms with E-state index in [9.17, 15) is 0 Å². The fourth-order valence-corrected chi connectivity index (χ4v) is 5.74. The Morgan fingerprint density at radius 2 is 1.52 bits per heavy atom. The van der Waals surface area contributed by atoms with Crippen LogP contribution in [0.4, 0.5) is 0 Å². The van der Waals surface area contributed by atoms with Crippen molar-refractivity contribution >= 4 is 16.4 Å². The lowest BCUT2D eigenvalue weighted by molar-refractivity contribution is 0.239. The van der Waals surface area contributed by atoms with Gasteiger partial charge in [-0.1, -0.05) is 47.5 Å². The summed E-state index contributed by atoms with van der Waals surface area (Å²) < 4.78 is 6.28. The van der Waals surface area contributed by atoms with Crippen molar-refractivity contribution in [1.82, 2.24) is 0 Å². The SMILES string of the molecule is C#C[C@H](CC#C[Si](CC)(CC)CC)O[Si](C)(C)C(C)(C)C. The first kappa shape index (κ1) is 20.5. The predicted molar refractivity (Wildman–Crippen MR) is 100 cm³/mol. The highest BCUT2D eigenvalue weighted by atomic mass is 28.4. The molecule has 0 aliphatic heterocycles. The number of hydrogen-bond acceptors (Lipinski definition) is 1. The summed E-state index contributed by atoms with van der Waals surface area (Å²) >= 11 is 0. The fourth-order valence-electron chi connectivity index (χ4n) is 2.01. The third kappa shape index (κ3) is 6.03. The summed E-state index contributed by atoms with van der Waals surface area (Å²) in [5.41, 5.74) is 3.60. The molecule has 21 heavy (non-hydrogen) atoms. The van der Waals surface area contributed by atoms with Gasteiger partial charge in [-0.3, -0.25) is 0 Å². The van der Waals surface area contributed by atoms with Crippen LogP contribution in [-0.2, 0) is 4.43 Å². The molecule has 0 spiro atoms.